The molecule has 0 bridgehead atoms. The van der Waals surface area contributed by atoms with Crippen molar-refractivity contribution < 1.29 is 5.11 Å². The normalized spacial score (nSPS) is 11.7. The van der Waals surface area contributed by atoms with Crippen LogP contribution in [0.15, 0.2) is 84.6 Å². The number of anilines is 3. The summed E-state index contributed by atoms with van der Waals surface area (Å²) in [6.45, 7) is 1.66. The van der Waals surface area contributed by atoms with Gasteiger partial charge in [0.1, 0.15) is 5.01 Å². The fraction of sp³-hybridized carbons (Fsp3) is 0.0455. The highest BCUT2D eigenvalue weighted by atomic mass is 32.1. The third-order valence-electron chi connectivity index (χ3n) is 4.01. The lowest BCUT2D eigenvalue weighted by Gasteiger charge is -2.25. The number of fused-ring (bicyclic) bond motifs is 1. The number of allylic oxidation sites excluding steroid dienone is 1. The van der Waals surface area contributed by atoms with Crippen LogP contribution < -0.4 is 4.90 Å². The van der Waals surface area contributed by atoms with Crippen LogP contribution in [0.5, 0.6) is 0 Å². The zero-order valence-corrected chi connectivity index (χ0v) is 15.1. The fourth-order valence-electron chi connectivity index (χ4n) is 2.91. The molecule has 0 radical (unpaired) electrons. The van der Waals surface area contributed by atoms with Crippen molar-refractivity contribution in [2.45, 2.75) is 6.92 Å². The fourth-order valence-corrected chi connectivity index (χ4v) is 3.86. The molecule has 1 aromatic heterocycles. The maximum absolute atomic E-state index is 9.49. The average Bonchev–Trinajstić information content (AvgIpc) is 3.04. The van der Waals surface area contributed by atoms with E-state index in [9.17, 15) is 5.11 Å². The molecule has 0 aliphatic heterocycles. The molecule has 4 heteroatoms. The molecule has 128 valence electrons. The summed E-state index contributed by atoms with van der Waals surface area (Å²) >= 11 is 1.57. The summed E-state index contributed by atoms with van der Waals surface area (Å²) in [5.41, 5.74) is 4.17. The Hall–Kier alpha value is -3.11. The van der Waals surface area contributed by atoms with Crippen LogP contribution in [-0.4, -0.2) is 10.1 Å². The van der Waals surface area contributed by atoms with Crippen molar-refractivity contribution in [2.75, 3.05) is 4.90 Å². The molecule has 3 nitrogen and oxygen atoms in total. The highest BCUT2D eigenvalue weighted by molar-refractivity contribution is 7.19. The number of hydrogen-bond donors (Lipinski definition) is 1. The first-order valence-corrected chi connectivity index (χ1v) is 9.20. The molecule has 0 amide bonds. The van der Waals surface area contributed by atoms with Gasteiger partial charge in [0.25, 0.3) is 0 Å². The second-order valence-electron chi connectivity index (χ2n) is 6.00. The molecule has 0 unspecified atom stereocenters. The molecule has 1 N–H and O–H groups in total. The Morgan fingerprint density at radius 1 is 0.885 bits per heavy atom. The van der Waals surface area contributed by atoms with Crippen LogP contribution in [0.25, 0.3) is 16.3 Å². The Morgan fingerprint density at radius 2 is 1.50 bits per heavy atom. The molecule has 0 aliphatic carbocycles. The molecule has 0 saturated carbocycles. The van der Waals surface area contributed by atoms with Gasteiger partial charge in [0.05, 0.1) is 16.0 Å². The van der Waals surface area contributed by atoms with Gasteiger partial charge in [0, 0.05) is 23.1 Å². The molecular formula is C22H18N2OS. The number of aliphatic hydroxyl groups is 1. The van der Waals surface area contributed by atoms with Crippen LogP contribution >= 0.6 is 11.3 Å². The number of hydrogen-bond acceptors (Lipinski definition) is 4. The van der Waals surface area contributed by atoms with Gasteiger partial charge in [-0.25, -0.2) is 4.98 Å². The van der Waals surface area contributed by atoms with E-state index in [0.717, 1.165) is 32.3 Å². The van der Waals surface area contributed by atoms with Crippen LogP contribution in [0, 0.1) is 0 Å². The Morgan fingerprint density at radius 3 is 2.08 bits per heavy atom. The molecule has 0 fully saturated rings. The molecule has 0 aliphatic rings. The second kappa shape index (κ2) is 7.02. The number of rotatable bonds is 4. The van der Waals surface area contributed by atoms with Gasteiger partial charge in [-0.05, 0) is 49.4 Å². The first kappa shape index (κ1) is 16.4. The minimum Gasteiger partial charge on any atom is -0.513 e. The standard InChI is InChI=1S/C22H18N2OS/c1-16(25)14-22-23-20-15-19(12-13-21(20)26-22)24(17-8-4-2-5-9-17)18-10-6-3-7-11-18/h2-15,25H,1H3/b16-14-. The van der Waals surface area contributed by atoms with Gasteiger partial charge in [-0.15, -0.1) is 11.3 Å². The van der Waals surface area contributed by atoms with E-state index >= 15 is 0 Å². The Bertz CT molecular complexity index is 1010. The lowest BCUT2D eigenvalue weighted by molar-refractivity contribution is 0.420. The van der Waals surface area contributed by atoms with Crippen LogP contribution in [0.3, 0.4) is 0 Å². The minimum atomic E-state index is 0.263. The van der Waals surface area contributed by atoms with E-state index in [2.05, 4.69) is 52.3 Å². The van der Waals surface area contributed by atoms with Crippen molar-refractivity contribution in [2.24, 2.45) is 0 Å². The smallest absolute Gasteiger partial charge is 0.120 e. The summed E-state index contributed by atoms with van der Waals surface area (Å²) in [7, 11) is 0. The van der Waals surface area contributed by atoms with Crippen molar-refractivity contribution in [3.05, 3.63) is 89.6 Å². The number of aliphatic hydroxyl groups excluding tert-OH is 1. The lowest BCUT2D eigenvalue weighted by atomic mass is 10.2. The van der Waals surface area contributed by atoms with Crippen LogP contribution in [0.1, 0.15) is 11.9 Å². The molecule has 0 saturated heterocycles. The van der Waals surface area contributed by atoms with Crippen molar-refractivity contribution in [3.63, 3.8) is 0 Å². The zero-order chi connectivity index (χ0) is 17.9. The highest BCUT2D eigenvalue weighted by Gasteiger charge is 2.13. The summed E-state index contributed by atoms with van der Waals surface area (Å²) in [5.74, 6) is 0.263. The molecular weight excluding hydrogens is 340 g/mol. The van der Waals surface area contributed by atoms with Crippen LogP contribution in [0.4, 0.5) is 17.1 Å². The third kappa shape index (κ3) is 3.32. The van der Waals surface area contributed by atoms with Crippen LogP contribution in [-0.2, 0) is 0 Å². The SMILES string of the molecule is C/C(O)=C/c1nc2cc(N(c3ccccc3)c3ccccc3)ccc2s1. The predicted molar refractivity (Wildman–Crippen MR) is 111 cm³/mol. The zero-order valence-electron chi connectivity index (χ0n) is 14.3. The average molecular weight is 358 g/mol. The summed E-state index contributed by atoms with van der Waals surface area (Å²) in [6, 6.07) is 26.9. The molecule has 26 heavy (non-hydrogen) atoms. The predicted octanol–water partition coefficient (Wildman–Crippen LogP) is 6.68. The maximum Gasteiger partial charge on any atom is 0.120 e. The van der Waals surface area contributed by atoms with E-state index in [1.807, 2.05) is 36.4 Å². The highest BCUT2D eigenvalue weighted by Crippen LogP contribution is 2.36. The largest absolute Gasteiger partial charge is 0.513 e. The quantitative estimate of drug-likeness (QED) is 0.413. The molecule has 1 heterocycles. The van der Waals surface area contributed by atoms with Crippen LogP contribution in [0.2, 0.25) is 0 Å². The Balaban J connectivity index is 1.84. The minimum absolute atomic E-state index is 0.263. The van der Waals surface area contributed by atoms with E-state index in [0.29, 0.717) is 0 Å². The van der Waals surface area contributed by atoms with E-state index in [1.54, 1.807) is 24.3 Å². The van der Waals surface area contributed by atoms with Crippen molar-refractivity contribution in [3.8, 4) is 0 Å². The first-order valence-electron chi connectivity index (χ1n) is 8.39. The number of benzene rings is 3. The van der Waals surface area contributed by atoms with Gasteiger partial charge in [-0.2, -0.15) is 0 Å². The van der Waals surface area contributed by atoms with Gasteiger partial charge in [0.15, 0.2) is 0 Å². The van der Waals surface area contributed by atoms with Gasteiger partial charge in [0.2, 0.25) is 0 Å². The van der Waals surface area contributed by atoms with Gasteiger partial charge in [-0.3, -0.25) is 0 Å². The van der Waals surface area contributed by atoms with Crippen molar-refractivity contribution in [1.29, 1.82) is 0 Å². The molecule has 4 rings (SSSR count). The number of thiazole rings is 1. The van der Waals surface area contributed by atoms with Crippen molar-refractivity contribution >= 4 is 44.7 Å². The van der Waals surface area contributed by atoms with Gasteiger partial charge in [-0.1, -0.05) is 36.4 Å². The second-order valence-corrected chi connectivity index (χ2v) is 7.06. The van der Waals surface area contributed by atoms with E-state index in [4.69, 9.17) is 0 Å². The van der Waals surface area contributed by atoms with E-state index in [1.165, 1.54) is 0 Å². The molecule has 4 aromatic rings. The first-order chi connectivity index (χ1) is 12.7. The number of nitrogens with zero attached hydrogens (tertiary/aromatic N) is 2. The maximum atomic E-state index is 9.49. The Kier molecular flexibility index (Phi) is 4.42. The van der Waals surface area contributed by atoms with E-state index in [-0.39, 0.29) is 5.76 Å². The summed E-state index contributed by atoms with van der Waals surface area (Å²) in [6.07, 6.45) is 1.69. The van der Waals surface area contributed by atoms with Gasteiger partial charge < -0.3 is 10.0 Å². The van der Waals surface area contributed by atoms with Gasteiger partial charge >= 0.3 is 0 Å². The molecule has 0 spiro atoms. The summed E-state index contributed by atoms with van der Waals surface area (Å²) in [4.78, 5) is 6.85. The molecule has 3 aromatic carbocycles. The lowest BCUT2D eigenvalue weighted by Crippen LogP contribution is -2.09. The third-order valence-corrected chi connectivity index (χ3v) is 4.99. The number of aromatic nitrogens is 1. The Labute approximate surface area is 156 Å². The summed E-state index contributed by atoms with van der Waals surface area (Å²) in [5, 5.41) is 10.3. The summed E-state index contributed by atoms with van der Waals surface area (Å²) < 4.78 is 1.10. The van der Waals surface area contributed by atoms with Crippen molar-refractivity contribution in [1.82, 2.24) is 4.98 Å². The van der Waals surface area contributed by atoms with E-state index < -0.39 is 0 Å². The molecule has 0 atom stereocenters. The topological polar surface area (TPSA) is 36.4 Å². The number of para-hydroxylation sites is 2. The monoisotopic (exact) mass is 358 g/mol.